The van der Waals surface area contributed by atoms with E-state index in [1.807, 2.05) is 13.0 Å². The van der Waals surface area contributed by atoms with Crippen LogP contribution in [-0.4, -0.2) is 46.7 Å². The van der Waals surface area contributed by atoms with Crippen molar-refractivity contribution in [1.82, 2.24) is 0 Å². The molecule has 1 aliphatic heterocycles. The van der Waals surface area contributed by atoms with Crippen LogP contribution in [-0.2, 0) is 14.2 Å². The van der Waals surface area contributed by atoms with E-state index in [1.54, 1.807) is 0 Å². The molecular weight excluding hydrogens is 391 g/mol. The molecule has 3 nitrogen and oxygen atoms in total. The van der Waals surface area contributed by atoms with Crippen molar-refractivity contribution < 1.29 is 14.2 Å². The Labute approximate surface area is 165 Å². The van der Waals surface area contributed by atoms with Crippen molar-refractivity contribution >= 4 is 19.4 Å². The van der Waals surface area contributed by atoms with Crippen LogP contribution in [0.2, 0.25) is 0 Å². The zero-order valence-electron chi connectivity index (χ0n) is 16.5. The van der Waals surface area contributed by atoms with Gasteiger partial charge in [-0.25, -0.2) is 0 Å². The first-order valence-corrected chi connectivity index (χ1v) is 11.3. The molecular formula is C22H32O3Se. The minimum atomic E-state index is -0.0987. The van der Waals surface area contributed by atoms with Crippen LogP contribution >= 0.6 is 0 Å². The Bertz CT molecular complexity index is 565. The SMILES string of the molecule is CCO[C@@H](C#C[Se]c1ccccc1)C[C@H](OC1CCCCO1)C(C)(C)C. The third kappa shape index (κ3) is 7.82. The second-order valence-corrected chi connectivity index (χ2v) is 9.47. The third-order valence-electron chi connectivity index (χ3n) is 4.35. The van der Waals surface area contributed by atoms with Gasteiger partial charge in [-0.2, -0.15) is 0 Å². The molecule has 3 atom stereocenters. The van der Waals surface area contributed by atoms with E-state index in [0.29, 0.717) is 6.61 Å². The summed E-state index contributed by atoms with van der Waals surface area (Å²) in [7, 11) is 0. The molecule has 0 amide bonds. The van der Waals surface area contributed by atoms with Gasteiger partial charge in [-0.15, -0.1) is 0 Å². The number of ether oxygens (including phenoxy) is 3. The van der Waals surface area contributed by atoms with Gasteiger partial charge in [0, 0.05) is 0 Å². The molecule has 0 aliphatic carbocycles. The summed E-state index contributed by atoms with van der Waals surface area (Å²) in [6.45, 7) is 10.1. The fraction of sp³-hybridized carbons (Fsp3) is 0.636. The van der Waals surface area contributed by atoms with Crippen LogP contribution in [0.15, 0.2) is 30.3 Å². The van der Waals surface area contributed by atoms with Crippen LogP contribution in [0.4, 0.5) is 0 Å². The summed E-state index contributed by atoms with van der Waals surface area (Å²) in [4.78, 5) is 3.35. The molecule has 1 aromatic rings. The van der Waals surface area contributed by atoms with Crippen molar-refractivity contribution in [3.8, 4) is 10.7 Å². The van der Waals surface area contributed by atoms with E-state index >= 15 is 0 Å². The van der Waals surface area contributed by atoms with Gasteiger partial charge in [0.05, 0.1) is 0 Å². The van der Waals surface area contributed by atoms with Crippen LogP contribution in [0.5, 0.6) is 0 Å². The first-order valence-electron chi connectivity index (χ1n) is 9.60. The maximum atomic E-state index is 6.33. The summed E-state index contributed by atoms with van der Waals surface area (Å²) in [5, 5.41) is 0. The van der Waals surface area contributed by atoms with E-state index in [1.165, 1.54) is 10.9 Å². The van der Waals surface area contributed by atoms with Crippen molar-refractivity contribution in [2.24, 2.45) is 5.41 Å². The van der Waals surface area contributed by atoms with E-state index in [4.69, 9.17) is 14.2 Å². The second-order valence-electron chi connectivity index (χ2n) is 7.63. The Hall–Kier alpha value is -0.821. The molecule has 1 unspecified atom stereocenters. The number of hydrogen-bond donors (Lipinski definition) is 0. The fourth-order valence-corrected chi connectivity index (χ4v) is 4.08. The van der Waals surface area contributed by atoms with Crippen LogP contribution < -0.4 is 4.46 Å². The summed E-state index contributed by atoms with van der Waals surface area (Å²) in [6, 6.07) is 10.4. The van der Waals surface area contributed by atoms with Gasteiger partial charge in [0.25, 0.3) is 0 Å². The van der Waals surface area contributed by atoms with E-state index in [-0.39, 0.29) is 38.9 Å². The summed E-state index contributed by atoms with van der Waals surface area (Å²) < 4.78 is 19.3. The normalized spacial score (nSPS) is 20.1. The van der Waals surface area contributed by atoms with Crippen LogP contribution in [0.1, 0.15) is 53.4 Å². The average Bonchev–Trinajstić information content (AvgIpc) is 2.62. The Balaban J connectivity index is 1.98. The van der Waals surface area contributed by atoms with Crippen LogP contribution in [0.25, 0.3) is 0 Å². The Morgan fingerprint density at radius 2 is 2.00 bits per heavy atom. The van der Waals surface area contributed by atoms with Crippen molar-refractivity contribution in [2.75, 3.05) is 13.2 Å². The first kappa shape index (κ1) is 21.5. The molecule has 0 radical (unpaired) electrons. The fourth-order valence-electron chi connectivity index (χ4n) is 2.82. The average molecular weight is 423 g/mol. The molecule has 0 spiro atoms. The molecule has 1 fully saturated rings. The van der Waals surface area contributed by atoms with Gasteiger partial charge in [-0.1, -0.05) is 0 Å². The number of hydrogen-bond acceptors (Lipinski definition) is 3. The van der Waals surface area contributed by atoms with Crippen molar-refractivity contribution in [1.29, 1.82) is 0 Å². The van der Waals surface area contributed by atoms with Crippen molar-refractivity contribution in [2.45, 2.75) is 71.9 Å². The standard InChI is InChI=1S/C22H32O3Se/c1-5-23-18(14-16-26-19-11-7-6-8-12-19)17-20(22(2,3)4)25-21-13-9-10-15-24-21/h6-8,11-12,18,20-21H,5,9-10,13,15,17H2,1-4H3/t18-,20-,21?/m0/s1. The van der Waals surface area contributed by atoms with Gasteiger partial charge in [0.2, 0.25) is 0 Å². The monoisotopic (exact) mass is 424 g/mol. The Morgan fingerprint density at radius 3 is 2.62 bits per heavy atom. The molecule has 0 bridgehead atoms. The molecule has 0 aromatic heterocycles. The molecule has 1 heterocycles. The minimum absolute atomic E-state index is 0.0163. The molecule has 1 aromatic carbocycles. The molecule has 1 saturated heterocycles. The molecule has 26 heavy (non-hydrogen) atoms. The van der Waals surface area contributed by atoms with E-state index in [0.717, 1.165) is 25.9 Å². The zero-order chi connectivity index (χ0) is 18.8. The van der Waals surface area contributed by atoms with E-state index in [9.17, 15) is 0 Å². The van der Waals surface area contributed by atoms with E-state index in [2.05, 4.69) is 55.8 Å². The van der Waals surface area contributed by atoms with Gasteiger partial charge in [-0.05, 0) is 0 Å². The van der Waals surface area contributed by atoms with Crippen molar-refractivity contribution in [3.05, 3.63) is 30.3 Å². The van der Waals surface area contributed by atoms with Gasteiger partial charge >= 0.3 is 165 Å². The number of benzene rings is 1. The third-order valence-corrected chi connectivity index (χ3v) is 5.87. The molecule has 0 saturated carbocycles. The predicted octanol–water partition coefficient (Wildman–Crippen LogP) is 3.73. The maximum absolute atomic E-state index is 6.33. The number of rotatable bonds is 7. The molecule has 1 aliphatic rings. The van der Waals surface area contributed by atoms with Crippen molar-refractivity contribution in [3.63, 3.8) is 0 Å². The van der Waals surface area contributed by atoms with Gasteiger partial charge in [0.15, 0.2) is 0 Å². The molecule has 144 valence electrons. The Morgan fingerprint density at radius 1 is 1.23 bits per heavy atom. The molecule has 4 heteroatoms. The Kier molecular flexibility index (Phi) is 9.19. The second kappa shape index (κ2) is 11.1. The quantitative estimate of drug-likeness (QED) is 0.494. The van der Waals surface area contributed by atoms with Gasteiger partial charge in [-0.3, -0.25) is 0 Å². The molecule has 0 N–H and O–H groups in total. The predicted molar refractivity (Wildman–Crippen MR) is 108 cm³/mol. The summed E-state index contributed by atoms with van der Waals surface area (Å²) in [6.07, 6.45) is 3.93. The van der Waals surface area contributed by atoms with Gasteiger partial charge in [0.1, 0.15) is 0 Å². The van der Waals surface area contributed by atoms with Crippen LogP contribution in [0, 0.1) is 16.2 Å². The van der Waals surface area contributed by atoms with Gasteiger partial charge < -0.3 is 0 Å². The van der Waals surface area contributed by atoms with Crippen LogP contribution in [0.3, 0.4) is 0 Å². The summed E-state index contributed by atoms with van der Waals surface area (Å²) >= 11 is 0.154. The summed E-state index contributed by atoms with van der Waals surface area (Å²) in [5.41, 5.74) is 0.0163. The van der Waals surface area contributed by atoms with E-state index < -0.39 is 0 Å². The summed E-state index contributed by atoms with van der Waals surface area (Å²) in [5.74, 6) is 3.34. The molecule has 2 rings (SSSR count). The zero-order valence-corrected chi connectivity index (χ0v) is 18.2. The topological polar surface area (TPSA) is 27.7 Å². The first-order chi connectivity index (χ1) is 12.5.